The standard InChI is InChI=1S/C21H23ClN2O4S/c22-15-10-12-17(13-11-15)29(26,27)24-14-20(28-19-9-5-4-8-18(19)24)21(25)23-16-6-2-1-3-7-16/h4-5,8-13,16,20H,1-3,6-7,14H2,(H,23,25). The largest absolute Gasteiger partial charge is 0.476 e. The van der Waals surface area contributed by atoms with E-state index >= 15 is 0 Å². The number of hydrogen-bond donors (Lipinski definition) is 1. The molecule has 2 aromatic carbocycles. The summed E-state index contributed by atoms with van der Waals surface area (Å²) >= 11 is 5.90. The number of nitrogens with one attached hydrogen (secondary N) is 1. The van der Waals surface area contributed by atoms with Crippen molar-refractivity contribution in [2.75, 3.05) is 10.8 Å². The number of fused-ring (bicyclic) bond motifs is 1. The van der Waals surface area contributed by atoms with Gasteiger partial charge in [-0.15, -0.1) is 0 Å². The summed E-state index contributed by atoms with van der Waals surface area (Å²) in [5, 5.41) is 3.49. The van der Waals surface area contributed by atoms with Crippen LogP contribution >= 0.6 is 11.6 Å². The Labute approximate surface area is 175 Å². The number of hydrogen-bond acceptors (Lipinski definition) is 4. The molecule has 1 aliphatic carbocycles. The van der Waals surface area contributed by atoms with Gasteiger partial charge in [-0.05, 0) is 49.2 Å². The van der Waals surface area contributed by atoms with E-state index in [1.165, 1.54) is 35.0 Å². The van der Waals surface area contributed by atoms with Crippen molar-refractivity contribution in [3.05, 3.63) is 53.6 Å². The van der Waals surface area contributed by atoms with Crippen LogP contribution in [0.5, 0.6) is 5.75 Å². The third-order valence-electron chi connectivity index (χ3n) is 5.38. The molecule has 1 atom stereocenters. The number of benzene rings is 2. The summed E-state index contributed by atoms with van der Waals surface area (Å²) in [5.41, 5.74) is 0.421. The van der Waals surface area contributed by atoms with Gasteiger partial charge >= 0.3 is 0 Å². The molecule has 1 saturated carbocycles. The van der Waals surface area contributed by atoms with Crippen LogP contribution in [-0.4, -0.2) is 33.0 Å². The second kappa shape index (κ2) is 8.24. The molecule has 6 nitrogen and oxygen atoms in total. The molecule has 1 N–H and O–H groups in total. The smallest absolute Gasteiger partial charge is 0.264 e. The second-order valence-corrected chi connectivity index (χ2v) is 9.71. The monoisotopic (exact) mass is 434 g/mol. The van der Waals surface area contributed by atoms with Crippen LogP contribution in [0.1, 0.15) is 32.1 Å². The lowest BCUT2D eigenvalue weighted by Gasteiger charge is -2.35. The van der Waals surface area contributed by atoms with Crippen molar-refractivity contribution in [1.82, 2.24) is 5.32 Å². The van der Waals surface area contributed by atoms with Crippen LogP contribution in [0, 0.1) is 0 Å². The highest BCUT2D eigenvalue weighted by molar-refractivity contribution is 7.92. The number of halogens is 1. The summed E-state index contributed by atoms with van der Waals surface area (Å²) < 4.78 is 33.8. The maximum Gasteiger partial charge on any atom is 0.264 e. The number of para-hydroxylation sites is 2. The van der Waals surface area contributed by atoms with Gasteiger partial charge in [0.1, 0.15) is 5.75 Å². The molecule has 1 fully saturated rings. The van der Waals surface area contributed by atoms with Crippen molar-refractivity contribution in [2.45, 2.75) is 49.1 Å². The van der Waals surface area contributed by atoms with Crippen LogP contribution in [0.25, 0.3) is 0 Å². The highest BCUT2D eigenvalue weighted by atomic mass is 35.5. The topological polar surface area (TPSA) is 75.7 Å². The zero-order valence-electron chi connectivity index (χ0n) is 15.9. The van der Waals surface area contributed by atoms with Crippen molar-refractivity contribution in [3.8, 4) is 5.75 Å². The SMILES string of the molecule is O=C(NC1CCCCC1)C1CN(S(=O)(=O)c2ccc(Cl)cc2)c2ccccc2O1. The lowest BCUT2D eigenvalue weighted by molar-refractivity contribution is -0.128. The van der Waals surface area contributed by atoms with Gasteiger partial charge in [0.25, 0.3) is 15.9 Å². The van der Waals surface area contributed by atoms with Crippen molar-refractivity contribution in [2.24, 2.45) is 0 Å². The first-order chi connectivity index (χ1) is 13.9. The van der Waals surface area contributed by atoms with Gasteiger partial charge in [0.2, 0.25) is 0 Å². The molecule has 0 spiro atoms. The number of carbonyl (C=O) groups is 1. The van der Waals surface area contributed by atoms with Gasteiger partial charge < -0.3 is 10.1 Å². The first-order valence-electron chi connectivity index (χ1n) is 9.79. The first-order valence-corrected chi connectivity index (χ1v) is 11.6. The van der Waals surface area contributed by atoms with E-state index in [0.29, 0.717) is 16.5 Å². The minimum absolute atomic E-state index is 0.0828. The summed E-state index contributed by atoms with van der Waals surface area (Å²) in [6.07, 6.45) is 4.36. The number of anilines is 1. The third-order valence-corrected chi connectivity index (χ3v) is 7.43. The highest BCUT2D eigenvalue weighted by Crippen LogP contribution is 2.37. The van der Waals surface area contributed by atoms with Gasteiger partial charge in [0, 0.05) is 11.1 Å². The molecule has 154 valence electrons. The van der Waals surface area contributed by atoms with Crippen LogP contribution in [0.15, 0.2) is 53.4 Å². The van der Waals surface area contributed by atoms with Crippen LogP contribution < -0.4 is 14.4 Å². The van der Waals surface area contributed by atoms with Gasteiger partial charge in [0.15, 0.2) is 6.10 Å². The van der Waals surface area contributed by atoms with E-state index in [9.17, 15) is 13.2 Å². The molecule has 0 saturated heterocycles. The van der Waals surface area contributed by atoms with Gasteiger partial charge in [-0.3, -0.25) is 9.10 Å². The molecule has 2 aromatic rings. The van der Waals surface area contributed by atoms with Crippen molar-refractivity contribution in [1.29, 1.82) is 0 Å². The van der Waals surface area contributed by atoms with Crippen molar-refractivity contribution in [3.63, 3.8) is 0 Å². The molecule has 4 rings (SSSR count). The van der Waals surface area contributed by atoms with Gasteiger partial charge in [-0.1, -0.05) is 43.0 Å². The zero-order chi connectivity index (χ0) is 20.4. The van der Waals surface area contributed by atoms with Crippen LogP contribution in [0.4, 0.5) is 5.69 Å². The third kappa shape index (κ3) is 4.21. The fourth-order valence-electron chi connectivity index (χ4n) is 3.84. The molecule has 8 heteroatoms. The Morgan fingerprint density at radius 1 is 1.03 bits per heavy atom. The molecular weight excluding hydrogens is 412 g/mol. The van der Waals surface area contributed by atoms with Gasteiger partial charge in [-0.2, -0.15) is 0 Å². The number of ether oxygens (including phenoxy) is 1. The molecule has 0 aromatic heterocycles. The van der Waals surface area contributed by atoms with Gasteiger partial charge in [0.05, 0.1) is 17.1 Å². The van der Waals surface area contributed by atoms with Crippen LogP contribution in [0.2, 0.25) is 5.02 Å². The maximum absolute atomic E-state index is 13.3. The Balaban J connectivity index is 1.62. The fourth-order valence-corrected chi connectivity index (χ4v) is 5.44. The molecule has 1 heterocycles. The lowest BCUT2D eigenvalue weighted by atomic mass is 9.95. The number of carbonyl (C=O) groups excluding carboxylic acids is 1. The quantitative estimate of drug-likeness (QED) is 0.795. The van der Waals surface area contributed by atoms with E-state index in [4.69, 9.17) is 16.3 Å². The summed E-state index contributed by atoms with van der Waals surface area (Å²) in [4.78, 5) is 13.0. The maximum atomic E-state index is 13.3. The van der Waals surface area contributed by atoms with Crippen LogP contribution in [0.3, 0.4) is 0 Å². The number of rotatable bonds is 4. The Bertz CT molecular complexity index is 988. The molecule has 0 radical (unpaired) electrons. The fraction of sp³-hybridized carbons (Fsp3) is 0.381. The van der Waals surface area contributed by atoms with Crippen LogP contribution in [-0.2, 0) is 14.8 Å². The summed E-state index contributed by atoms with van der Waals surface area (Å²) in [6.45, 7) is -0.0828. The molecule has 0 bridgehead atoms. The lowest BCUT2D eigenvalue weighted by Crippen LogP contribution is -2.52. The van der Waals surface area contributed by atoms with E-state index < -0.39 is 16.1 Å². The molecule has 1 aliphatic heterocycles. The Morgan fingerprint density at radius 3 is 2.45 bits per heavy atom. The Hall–Kier alpha value is -2.25. The minimum Gasteiger partial charge on any atom is -0.476 e. The zero-order valence-corrected chi connectivity index (χ0v) is 17.5. The highest BCUT2D eigenvalue weighted by Gasteiger charge is 2.38. The molecule has 2 aliphatic rings. The predicted molar refractivity (Wildman–Crippen MR) is 112 cm³/mol. The van der Waals surface area contributed by atoms with E-state index in [1.54, 1.807) is 24.3 Å². The van der Waals surface area contributed by atoms with E-state index in [2.05, 4.69) is 5.32 Å². The Morgan fingerprint density at radius 2 is 1.72 bits per heavy atom. The molecular formula is C21H23ClN2O4S. The molecule has 1 unspecified atom stereocenters. The van der Waals surface area contributed by atoms with Crippen molar-refractivity contribution >= 4 is 33.2 Å². The first kappa shape index (κ1) is 20.0. The Kier molecular flexibility index (Phi) is 5.69. The summed E-state index contributed by atoms with van der Waals surface area (Å²) in [6, 6.07) is 13.0. The van der Waals surface area contributed by atoms with E-state index in [1.807, 2.05) is 0 Å². The normalized spacial score (nSPS) is 19.9. The second-order valence-electron chi connectivity index (χ2n) is 7.41. The minimum atomic E-state index is -3.88. The van der Waals surface area contributed by atoms with E-state index in [-0.39, 0.29) is 23.4 Å². The average molecular weight is 435 g/mol. The number of nitrogens with zero attached hydrogens (tertiary/aromatic N) is 1. The van der Waals surface area contributed by atoms with Gasteiger partial charge in [-0.25, -0.2) is 8.42 Å². The average Bonchev–Trinajstić information content (AvgIpc) is 2.74. The van der Waals surface area contributed by atoms with Crippen molar-refractivity contribution < 1.29 is 17.9 Å². The number of sulfonamides is 1. The summed E-state index contributed by atoms with van der Waals surface area (Å²) in [7, 11) is -3.88. The predicted octanol–water partition coefficient (Wildman–Crippen LogP) is 3.75. The number of amides is 1. The van der Waals surface area contributed by atoms with E-state index in [0.717, 1.165) is 25.7 Å². The summed E-state index contributed by atoms with van der Waals surface area (Å²) in [5.74, 6) is 0.0998. The molecule has 1 amide bonds. The molecule has 29 heavy (non-hydrogen) atoms.